The lowest BCUT2D eigenvalue weighted by atomic mass is 9.92. The van der Waals surface area contributed by atoms with Crippen molar-refractivity contribution in [2.24, 2.45) is 17.8 Å². The van der Waals surface area contributed by atoms with Crippen LogP contribution in [0.3, 0.4) is 0 Å². The van der Waals surface area contributed by atoms with Crippen LogP contribution in [0, 0.1) is 17.8 Å². The van der Waals surface area contributed by atoms with Crippen molar-refractivity contribution < 1.29 is 24.3 Å². The maximum absolute atomic E-state index is 12.6. The standard InChI is InChI=1S/C18H18N2O5/c21-15(19-7-13(10-5-6-10)14(8-19)18(24)25)9-20-16(22)11-3-1-2-4-12(11)17(20)23/h1-4,10,13-14H,5-9H2,(H,24,25)/t13-,14+/m1/s1. The predicted molar refractivity (Wildman–Crippen MR) is 85.7 cm³/mol. The Bertz CT molecular complexity index is 750. The number of carbonyl (C=O) groups excluding carboxylic acids is 3. The Kier molecular flexibility index (Phi) is 3.59. The second kappa shape index (κ2) is 5.68. The molecule has 2 aliphatic heterocycles. The molecular weight excluding hydrogens is 324 g/mol. The third kappa shape index (κ3) is 2.59. The number of imide groups is 1. The number of nitrogens with zero attached hydrogens (tertiary/aromatic N) is 2. The first-order chi connectivity index (χ1) is 12.0. The van der Waals surface area contributed by atoms with E-state index in [0.29, 0.717) is 23.6 Å². The number of carboxylic acids is 1. The Hall–Kier alpha value is -2.70. The molecule has 1 aromatic carbocycles. The normalized spacial score (nSPS) is 25.4. The molecule has 2 heterocycles. The third-order valence-corrected chi connectivity index (χ3v) is 5.43. The summed E-state index contributed by atoms with van der Waals surface area (Å²) in [6.07, 6.45) is 2.02. The van der Waals surface area contributed by atoms with Gasteiger partial charge in [-0.25, -0.2) is 0 Å². The lowest BCUT2D eigenvalue weighted by Crippen LogP contribution is -2.42. The fourth-order valence-electron chi connectivity index (χ4n) is 3.91. The van der Waals surface area contributed by atoms with Crippen molar-refractivity contribution in [1.29, 1.82) is 0 Å². The van der Waals surface area contributed by atoms with E-state index in [4.69, 9.17) is 0 Å². The summed E-state index contributed by atoms with van der Waals surface area (Å²) in [5.41, 5.74) is 0.613. The van der Waals surface area contributed by atoms with Gasteiger partial charge in [-0.1, -0.05) is 12.1 Å². The van der Waals surface area contributed by atoms with Crippen molar-refractivity contribution in [3.05, 3.63) is 35.4 Å². The minimum absolute atomic E-state index is 0.0244. The maximum atomic E-state index is 12.6. The molecule has 1 saturated heterocycles. The number of amides is 3. The van der Waals surface area contributed by atoms with Gasteiger partial charge in [-0.05, 0) is 36.8 Å². The zero-order valence-electron chi connectivity index (χ0n) is 13.6. The summed E-state index contributed by atoms with van der Waals surface area (Å²) < 4.78 is 0. The number of hydrogen-bond donors (Lipinski definition) is 1. The summed E-state index contributed by atoms with van der Waals surface area (Å²) in [5, 5.41) is 9.39. The van der Waals surface area contributed by atoms with E-state index in [9.17, 15) is 24.3 Å². The summed E-state index contributed by atoms with van der Waals surface area (Å²) in [7, 11) is 0. The number of carboxylic acid groups (broad SMARTS) is 1. The van der Waals surface area contributed by atoms with Crippen LogP contribution < -0.4 is 0 Å². The second-order valence-electron chi connectivity index (χ2n) is 6.99. The van der Waals surface area contributed by atoms with Gasteiger partial charge >= 0.3 is 5.97 Å². The van der Waals surface area contributed by atoms with Crippen molar-refractivity contribution in [3.8, 4) is 0 Å². The van der Waals surface area contributed by atoms with Gasteiger partial charge in [0.05, 0.1) is 17.0 Å². The molecule has 0 radical (unpaired) electrons. The molecule has 0 aromatic heterocycles. The molecule has 130 valence electrons. The van der Waals surface area contributed by atoms with Crippen LogP contribution in [0.15, 0.2) is 24.3 Å². The van der Waals surface area contributed by atoms with Crippen molar-refractivity contribution >= 4 is 23.7 Å². The Morgan fingerprint density at radius 1 is 1.04 bits per heavy atom. The molecule has 3 amide bonds. The van der Waals surface area contributed by atoms with E-state index in [-0.39, 0.29) is 24.9 Å². The molecule has 1 saturated carbocycles. The van der Waals surface area contributed by atoms with Crippen LogP contribution in [0.5, 0.6) is 0 Å². The van der Waals surface area contributed by atoms with Gasteiger partial charge in [0, 0.05) is 13.1 Å². The topological polar surface area (TPSA) is 95.0 Å². The van der Waals surface area contributed by atoms with Crippen LogP contribution in [0.2, 0.25) is 0 Å². The minimum Gasteiger partial charge on any atom is -0.481 e. The maximum Gasteiger partial charge on any atom is 0.308 e. The van der Waals surface area contributed by atoms with E-state index in [1.807, 2.05) is 0 Å². The van der Waals surface area contributed by atoms with Gasteiger partial charge in [-0.2, -0.15) is 0 Å². The molecular formula is C18H18N2O5. The Labute approximate surface area is 144 Å². The van der Waals surface area contributed by atoms with E-state index in [2.05, 4.69) is 0 Å². The molecule has 1 N–H and O–H groups in total. The van der Waals surface area contributed by atoms with Gasteiger partial charge in [0.1, 0.15) is 6.54 Å². The number of carbonyl (C=O) groups is 4. The summed E-state index contributed by atoms with van der Waals surface area (Å²) in [6.45, 7) is 0.207. The first-order valence-corrected chi connectivity index (χ1v) is 8.43. The molecule has 25 heavy (non-hydrogen) atoms. The van der Waals surface area contributed by atoms with E-state index >= 15 is 0 Å². The summed E-state index contributed by atoms with van der Waals surface area (Å²) in [6, 6.07) is 6.49. The summed E-state index contributed by atoms with van der Waals surface area (Å²) >= 11 is 0. The first kappa shape index (κ1) is 15.8. The number of rotatable bonds is 4. The number of benzene rings is 1. The molecule has 7 heteroatoms. The smallest absolute Gasteiger partial charge is 0.308 e. The Morgan fingerprint density at radius 3 is 2.16 bits per heavy atom. The average molecular weight is 342 g/mol. The molecule has 1 aromatic rings. The van der Waals surface area contributed by atoms with Gasteiger partial charge in [0.25, 0.3) is 11.8 Å². The molecule has 3 aliphatic rings. The quantitative estimate of drug-likeness (QED) is 0.819. The largest absolute Gasteiger partial charge is 0.481 e. The zero-order chi connectivity index (χ0) is 17.7. The molecule has 0 bridgehead atoms. The van der Waals surface area contributed by atoms with Gasteiger partial charge in [0.15, 0.2) is 0 Å². The average Bonchev–Trinajstić information content (AvgIpc) is 3.30. The fourth-order valence-corrected chi connectivity index (χ4v) is 3.91. The SMILES string of the molecule is O=C(O)[C@H]1CN(C(=O)CN2C(=O)c3ccccc3C2=O)C[C@@H]1C1CC1. The Balaban J connectivity index is 1.47. The molecule has 7 nitrogen and oxygen atoms in total. The van der Waals surface area contributed by atoms with Crippen LogP contribution in [0.25, 0.3) is 0 Å². The molecule has 4 rings (SSSR count). The summed E-state index contributed by atoms with van der Waals surface area (Å²) in [5.74, 6) is -2.40. The van der Waals surface area contributed by atoms with Crippen LogP contribution in [-0.2, 0) is 9.59 Å². The zero-order valence-corrected chi connectivity index (χ0v) is 13.6. The van der Waals surface area contributed by atoms with Crippen molar-refractivity contribution in [2.75, 3.05) is 19.6 Å². The lowest BCUT2D eigenvalue weighted by molar-refractivity contribution is -0.142. The lowest BCUT2D eigenvalue weighted by Gasteiger charge is -2.20. The van der Waals surface area contributed by atoms with Gasteiger partial charge in [-0.15, -0.1) is 0 Å². The molecule has 1 aliphatic carbocycles. The number of likely N-dealkylation sites (tertiary alicyclic amines) is 1. The van der Waals surface area contributed by atoms with Crippen molar-refractivity contribution in [1.82, 2.24) is 9.80 Å². The van der Waals surface area contributed by atoms with E-state index in [0.717, 1.165) is 17.7 Å². The third-order valence-electron chi connectivity index (χ3n) is 5.43. The van der Waals surface area contributed by atoms with Gasteiger partial charge in [0.2, 0.25) is 5.91 Å². The highest BCUT2D eigenvalue weighted by Crippen LogP contribution is 2.44. The monoisotopic (exact) mass is 342 g/mol. The predicted octanol–water partition coefficient (Wildman–Crippen LogP) is 0.852. The fraction of sp³-hybridized carbons (Fsp3) is 0.444. The highest BCUT2D eigenvalue weighted by atomic mass is 16.4. The van der Waals surface area contributed by atoms with Crippen LogP contribution in [-0.4, -0.2) is 58.2 Å². The van der Waals surface area contributed by atoms with Crippen LogP contribution in [0.1, 0.15) is 33.6 Å². The van der Waals surface area contributed by atoms with Crippen LogP contribution >= 0.6 is 0 Å². The van der Waals surface area contributed by atoms with E-state index in [1.54, 1.807) is 24.3 Å². The molecule has 0 spiro atoms. The highest BCUT2D eigenvalue weighted by Gasteiger charge is 2.47. The molecule has 2 fully saturated rings. The number of fused-ring (bicyclic) bond motifs is 1. The molecule has 0 unspecified atom stereocenters. The van der Waals surface area contributed by atoms with Gasteiger partial charge < -0.3 is 10.0 Å². The van der Waals surface area contributed by atoms with Gasteiger partial charge in [-0.3, -0.25) is 24.1 Å². The summed E-state index contributed by atoms with van der Waals surface area (Å²) in [4.78, 5) is 51.2. The van der Waals surface area contributed by atoms with E-state index in [1.165, 1.54) is 4.90 Å². The number of hydrogen-bond acceptors (Lipinski definition) is 4. The van der Waals surface area contributed by atoms with Crippen LogP contribution in [0.4, 0.5) is 0 Å². The Morgan fingerprint density at radius 2 is 1.64 bits per heavy atom. The minimum atomic E-state index is -0.882. The number of aliphatic carboxylic acids is 1. The van der Waals surface area contributed by atoms with Crippen molar-refractivity contribution in [3.63, 3.8) is 0 Å². The highest BCUT2D eigenvalue weighted by molar-refractivity contribution is 6.22. The molecule has 2 atom stereocenters. The first-order valence-electron chi connectivity index (χ1n) is 8.43. The van der Waals surface area contributed by atoms with Crippen molar-refractivity contribution in [2.45, 2.75) is 12.8 Å². The second-order valence-corrected chi connectivity index (χ2v) is 6.99. The van der Waals surface area contributed by atoms with E-state index < -0.39 is 23.7 Å².